The highest BCUT2D eigenvalue weighted by molar-refractivity contribution is 6.00. The average molecular weight is 415 g/mol. The first kappa shape index (κ1) is 21.4. The lowest BCUT2D eigenvalue weighted by molar-refractivity contribution is -0.141. The van der Waals surface area contributed by atoms with Crippen molar-refractivity contribution >= 4 is 17.8 Å². The predicted octanol–water partition coefficient (Wildman–Crippen LogP) is 1.76. The summed E-state index contributed by atoms with van der Waals surface area (Å²) in [5.74, 6) is 0.0968. The van der Waals surface area contributed by atoms with Crippen LogP contribution < -0.4 is 10.1 Å². The van der Waals surface area contributed by atoms with Gasteiger partial charge < -0.3 is 24.2 Å². The van der Waals surface area contributed by atoms with Gasteiger partial charge in [0.1, 0.15) is 24.2 Å². The molecule has 9 nitrogen and oxygen atoms in total. The monoisotopic (exact) mass is 415 g/mol. The maximum atomic E-state index is 12.8. The minimum atomic E-state index is -0.634. The van der Waals surface area contributed by atoms with Crippen LogP contribution in [0.3, 0.4) is 0 Å². The molecule has 3 rings (SSSR count). The number of likely N-dealkylation sites (tertiary alicyclic amines) is 1. The van der Waals surface area contributed by atoms with Gasteiger partial charge in [0.05, 0.1) is 30.4 Å². The number of nitrogens with one attached hydrogen (secondary N) is 1. The zero-order valence-electron chi connectivity index (χ0n) is 17.3. The Kier molecular flexibility index (Phi) is 6.71. The molecular weight excluding hydrogens is 390 g/mol. The fourth-order valence-corrected chi connectivity index (χ4v) is 3.30. The van der Waals surface area contributed by atoms with E-state index in [1.807, 2.05) is 6.92 Å². The van der Waals surface area contributed by atoms with E-state index in [0.717, 1.165) is 11.3 Å². The number of aryl methyl sites for hydroxylation is 2. The van der Waals surface area contributed by atoms with Gasteiger partial charge in [-0.3, -0.25) is 14.4 Å². The Bertz CT molecular complexity index is 919. The Labute approximate surface area is 174 Å². The van der Waals surface area contributed by atoms with E-state index in [1.165, 1.54) is 7.11 Å². The third-order valence-corrected chi connectivity index (χ3v) is 5.10. The van der Waals surface area contributed by atoms with Crippen LogP contribution in [0.4, 0.5) is 0 Å². The smallest absolute Gasteiger partial charge is 0.307 e. The lowest BCUT2D eigenvalue weighted by Gasteiger charge is -2.17. The van der Waals surface area contributed by atoms with Crippen molar-refractivity contribution in [2.75, 3.05) is 20.2 Å². The molecule has 1 aromatic carbocycles. The molecule has 9 heteroatoms. The Balaban J connectivity index is 1.62. The van der Waals surface area contributed by atoms with Crippen molar-refractivity contribution in [1.82, 2.24) is 15.4 Å². The molecule has 2 aromatic rings. The summed E-state index contributed by atoms with van der Waals surface area (Å²) in [5, 5.41) is 6.67. The Morgan fingerprint density at radius 3 is 2.77 bits per heavy atom. The van der Waals surface area contributed by atoms with Crippen LogP contribution in [0, 0.1) is 13.8 Å². The number of nitrogens with zero attached hydrogens (tertiary/aromatic N) is 2. The van der Waals surface area contributed by atoms with Gasteiger partial charge in [0, 0.05) is 13.1 Å². The Morgan fingerprint density at radius 1 is 1.30 bits per heavy atom. The van der Waals surface area contributed by atoms with Crippen LogP contribution in [0.5, 0.6) is 5.75 Å². The summed E-state index contributed by atoms with van der Waals surface area (Å²) in [6.07, 6.45) is 0.606. The van der Waals surface area contributed by atoms with E-state index < -0.39 is 11.9 Å². The fraction of sp³-hybridized carbons (Fsp3) is 0.429. The molecule has 1 fully saturated rings. The van der Waals surface area contributed by atoms with Crippen molar-refractivity contribution < 1.29 is 28.4 Å². The number of benzene rings is 1. The maximum absolute atomic E-state index is 12.8. The summed E-state index contributed by atoms with van der Waals surface area (Å²) >= 11 is 0. The van der Waals surface area contributed by atoms with Crippen LogP contribution in [-0.4, -0.2) is 54.1 Å². The molecule has 1 saturated heterocycles. The number of hydrogen-bond acceptors (Lipinski definition) is 7. The fourth-order valence-electron chi connectivity index (χ4n) is 3.30. The first-order chi connectivity index (χ1) is 14.4. The van der Waals surface area contributed by atoms with Crippen molar-refractivity contribution in [2.45, 2.75) is 39.3 Å². The first-order valence-electron chi connectivity index (χ1n) is 9.70. The second kappa shape index (κ2) is 9.43. The zero-order chi connectivity index (χ0) is 21.7. The SMILES string of the molecule is COC(=O)CCN1CC[C@@H](NC(=O)c2ccccc2OCc2c(C)noc2C)C1=O. The number of amides is 2. The lowest BCUT2D eigenvalue weighted by Crippen LogP contribution is -2.42. The second-order valence-corrected chi connectivity index (χ2v) is 7.05. The number of aromatic nitrogens is 1. The molecule has 1 N–H and O–H groups in total. The number of hydrogen-bond donors (Lipinski definition) is 1. The topological polar surface area (TPSA) is 111 Å². The van der Waals surface area contributed by atoms with E-state index in [1.54, 1.807) is 36.1 Å². The van der Waals surface area contributed by atoms with Gasteiger partial charge in [-0.1, -0.05) is 17.3 Å². The second-order valence-electron chi connectivity index (χ2n) is 7.05. The van der Waals surface area contributed by atoms with Crippen molar-refractivity contribution in [3.05, 3.63) is 46.8 Å². The van der Waals surface area contributed by atoms with Crippen LogP contribution >= 0.6 is 0 Å². The molecule has 0 aliphatic carbocycles. The van der Waals surface area contributed by atoms with Gasteiger partial charge in [-0.2, -0.15) is 0 Å². The molecule has 1 aliphatic heterocycles. The van der Waals surface area contributed by atoms with E-state index in [2.05, 4.69) is 15.2 Å². The molecule has 0 bridgehead atoms. The summed E-state index contributed by atoms with van der Waals surface area (Å²) in [6.45, 7) is 4.59. The van der Waals surface area contributed by atoms with Gasteiger partial charge in [-0.25, -0.2) is 0 Å². The van der Waals surface area contributed by atoms with Crippen molar-refractivity contribution in [3.8, 4) is 5.75 Å². The quantitative estimate of drug-likeness (QED) is 0.654. The summed E-state index contributed by atoms with van der Waals surface area (Å²) in [7, 11) is 1.31. The molecule has 1 aliphatic rings. The molecule has 1 aromatic heterocycles. The van der Waals surface area contributed by atoms with Crippen LogP contribution in [0.1, 0.15) is 40.2 Å². The highest BCUT2D eigenvalue weighted by atomic mass is 16.5. The average Bonchev–Trinajstić information content (AvgIpc) is 3.26. The molecular formula is C21H25N3O6. The third kappa shape index (κ3) is 4.79. The summed E-state index contributed by atoms with van der Waals surface area (Å²) in [5.41, 5.74) is 1.90. The number of carbonyl (C=O) groups is 3. The highest BCUT2D eigenvalue weighted by Gasteiger charge is 2.33. The van der Waals surface area contributed by atoms with E-state index in [-0.39, 0.29) is 31.4 Å². The number of carbonyl (C=O) groups excluding carboxylic acids is 3. The Morgan fingerprint density at radius 2 is 2.07 bits per heavy atom. The number of methoxy groups -OCH3 is 1. The van der Waals surface area contributed by atoms with Crippen LogP contribution in [0.15, 0.2) is 28.8 Å². The Hall–Kier alpha value is -3.36. The maximum Gasteiger partial charge on any atom is 0.307 e. The summed E-state index contributed by atoms with van der Waals surface area (Å²) in [4.78, 5) is 38.2. The van der Waals surface area contributed by atoms with Gasteiger partial charge >= 0.3 is 5.97 Å². The van der Waals surface area contributed by atoms with E-state index >= 15 is 0 Å². The summed E-state index contributed by atoms with van der Waals surface area (Å²) in [6, 6.07) is 6.22. The number of rotatable bonds is 8. The molecule has 2 heterocycles. The van der Waals surface area contributed by atoms with Crippen LogP contribution in [-0.2, 0) is 20.9 Å². The van der Waals surface area contributed by atoms with Gasteiger partial charge in [0.15, 0.2) is 0 Å². The van der Waals surface area contributed by atoms with Crippen LogP contribution in [0.25, 0.3) is 0 Å². The first-order valence-corrected chi connectivity index (χ1v) is 9.70. The number of esters is 1. The van der Waals surface area contributed by atoms with Gasteiger partial charge in [0.25, 0.3) is 5.91 Å². The highest BCUT2D eigenvalue weighted by Crippen LogP contribution is 2.22. The van der Waals surface area contributed by atoms with Gasteiger partial charge in [-0.05, 0) is 32.4 Å². The largest absolute Gasteiger partial charge is 0.488 e. The predicted molar refractivity (Wildman–Crippen MR) is 106 cm³/mol. The zero-order valence-corrected chi connectivity index (χ0v) is 17.3. The van der Waals surface area contributed by atoms with E-state index in [4.69, 9.17) is 9.26 Å². The van der Waals surface area contributed by atoms with Crippen LogP contribution in [0.2, 0.25) is 0 Å². The number of para-hydroxylation sites is 1. The minimum absolute atomic E-state index is 0.126. The van der Waals surface area contributed by atoms with Crippen molar-refractivity contribution in [1.29, 1.82) is 0 Å². The molecule has 0 saturated carbocycles. The standard InChI is InChI=1S/C21H25N3O6/c1-13-16(14(2)30-23-13)12-29-18-7-5-4-6-15(18)20(26)22-17-8-10-24(21(17)27)11-9-19(25)28-3/h4-7,17H,8-12H2,1-3H3,(H,22,26)/t17-/m1/s1. The lowest BCUT2D eigenvalue weighted by atomic mass is 10.1. The van der Waals surface area contributed by atoms with E-state index in [9.17, 15) is 14.4 Å². The third-order valence-electron chi connectivity index (χ3n) is 5.10. The van der Waals surface area contributed by atoms with Gasteiger partial charge in [-0.15, -0.1) is 0 Å². The van der Waals surface area contributed by atoms with Gasteiger partial charge in [0.2, 0.25) is 5.91 Å². The van der Waals surface area contributed by atoms with Crippen molar-refractivity contribution in [2.24, 2.45) is 0 Å². The van der Waals surface area contributed by atoms with Crippen molar-refractivity contribution in [3.63, 3.8) is 0 Å². The molecule has 0 radical (unpaired) electrons. The molecule has 0 spiro atoms. The minimum Gasteiger partial charge on any atom is -0.488 e. The molecule has 30 heavy (non-hydrogen) atoms. The van der Waals surface area contributed by atoms with E-state index in [0.29, 0.717) is 30.0 Å². The molecule has 2 amide bonds. The summed E-state index contributed by atoms with van der Waals surface area (Å²) < 4.78 is 15.6. The normalized spacial score (nSPS) is 15.9. The molecule has 0 unspecified atom stereocenters. The number of ether oxygens (including phenoxy) is 2. The molecule has 160 valence electrons. The molecule has 1 atom stereocenters.